The molecular formula is C48H58N10O5S. The molecule has 0 radical (unpaired) electrons. The number of benzene rings is 1. The number of cyclic esters (lactones) is 1. The second kappa shape index (κ2) is 17.3. The fourth-order valence-electron chi connectivity index (χ4n) is 10.2. The van der Waals surface area contributed by atoms with Crippen molar-refractivity contribution in [2.75, 3.05) is 58.4 Å². The third-order valence-electron chi connectivity index (χ3n) is 13.9. The molecule has 5 aromatic rings. The van der Waals surface area contributed by atoms with Gasteiger partial charge < -0.3 is 29.2 Å². The number of aromatic nitrogens is 5. The van der Waals surface area contributed by atoms with E-state index in [1.807, 2.05) is 6.20 Å². The fraction of sp³-hybridized carbons (Fsp3) is 0.521. The van der Waals surface area contributed by atoms with E-state index in [1.54, 1.807) is 19.5 Å². The van der Waals surface area contributed by atoms with Crippen molar-refractivity contribution in [2.45, 2.75) is 96.4 Å². The molecule has 8 heterocycles. The van der Waals surface area contributed by atoms with E-state index in [0.717, 1.165) is 95.4 Å². The molecule has 2 N–H and O–H groups in total. The number of piperazine rings is 1. The summed E-state index contributed by atoms with van der Waals surface area (Å²) in [4.78, 5) is 65.7. The maximum atomic E-state index is 14.4. The van der Waals surface area contributed by atoms with Gasteiger partial charge in [-0.2, -0.15) is 0 Å². The zero-order valence-electron chi connectivity index (χ0n) is 37.4. The monoisotopic (exact) mass is 886 g/mol. The summed E-state index contributed by atoms with van der Waals surface area (Å²) in [5.41, 5.74) is 13.4. The summed E-state index contributed by atoms with van der Waals surface area (Å²) >= 11 is 1.50. The normalized spacial score (nSPS) is 24.3. The SMILES string of the molecule is CO[C@@H](C)c1ncc(N2CCN(C)CC2)cc1-c1c2c3cc(cc4c3n1CCC4)-c1csc(n1)C[C@H](NC(=O)[C@H]1C[C@@H]1c1cncnc1)C(=O)N1CCC[C@H](N1)C(=O)OCC(C)(C)C2. The van der Waals surface area contributed by atoms with E-state index < -0.39 is 23.5 Å². The van der Waals surface area contributed by atoms with Crippen molar-refractivity contribution in [1.29, 1.82) is 0 Å². The minimum Gasteiger partial charge on any atom is -0.464 e. The lowest BCUT2D eigenvalue weighted by atomic mass is 9.84. The molecule has 16 heteroatoms. The molecule has 4 aliphatic heterocycles. The van der Waals surface area contributed by atoms with Crippen LogP contribution in [-0.2, 0) is 49.7 Å². The topological polar surface area (TPSA) is 160 Å². The average molecular weight is 887 g/mol. The number of rotatable bonds is 7. The second-order valence-electron chi connectivity index (χ2n) is 19.2. The minimum atomic E-state index is -0.898. The van der Waals surface area contributed by atoms with Crippen LogP contribution in [-0.4, -0.2) is 118 Å². The first-order chi connectivity index (χ1) is 30.9. The highest BCUT2D eigenvalue weighted by Gasteiger charge is 2.46. The van der Waals surface area contributed by atoms with Gasteiger partial charge in [0.25, 0.3) is 5.91 Å². The highest BCUT2D eigenvalue weighted by molar-refractivity contribution is 7.10. The van der Waals surface area contributed by atoms with E-state index in [4.69, 9.17) is 19.4 Å². The van der Waals surface area contributed by atoms with Gasteiger partial charge in [0.15, 0.2) is 0 Å². The Morgan fingerprint density at radius 1 is 1.05 bits per heavy atom. The molecule has 15 nitrogen and oxygen atoms in total. The zero-order chi connectivity index (χ0) is 44.3. The smallest absolute Gasteiger partial charge is 0.324 e. The molecule has 64 heavy (non-hydrogen) atoms. The molecule has 0 spiro atoms. The molecule has 1 aliphatic carbocycles. The number of esters is 1. The number of hydrogen-bond acceptors (Lipinski definition) is 13. The number of nitrogens with one attached hydrogen (secondary N) is 2. The molecule has 2 saturated heterocycles. The minimum absolute atomic E-state index is 0.00171. The van der Waals surface area contributed by atoms with Crippen molar-refractivity contribution >= 4 is 45.7 Å². The number of carbonyl (C=O) groups is 3. The zero-order valence-corrected chi connectivity index (χ0v) is 38.2. The summed E-state index contributed by atoms with van der Waals surface area (Å²) in [6.45, 7) is 11.6. The molecule has 6 bridgehead atoms. The number of pyridine rings is 1. The molecule has 5 aliphatic rings. The Kier molecular flexibility index (Phi) is 11.5. The molecule has 4 aromatic heterocycles. The van der Waals surface area contributed by atoms with Crippen molar-refractivity contribution in [1.82, 2.24) is 45.2 Å². The average Bonchev–Trinajstić information content (AvgIpc) is 3.89. The van der Waals surface area contributed by atoms with Gasteiger partial charge >= 0.3 is 5.97 Å². The van der Waals surface area contributed by atoms with E-state index in [9.17, 15) is 14.4 Å². The van der Waals surface area contributed by atoms with Gasteiger partial charge in [0.05, 0.1) is 52.2 Å². The van der Waals surface area contributed by atoms with Crippen molar-refractivity contribution < 1.29 is 23.9 Å². The maximum Gasteiger partial charge on any atom is 0.324 e. The van der Waals surface area contributed by atoms with Gasteiger partial charge in [-0.1, -0.05) is 13.8 Å². The molecule has 10 rings (SSSR count). The van der Waals surface area contributed by atoms with E-state index in [-0.39, 0.29) is 42.8 Å². The van der Waals surface area contributed by atoms with Gasteiger partial charge in [-0.15, -0.1) is 11.3 Å². The molecule has 336 valence electrons. The summed E-state index contributed by atoms with van der Waals surface area (Å²) in [5.74, 6) is -1.17. The molecular weight excluding hydrogens is 829 g/mol. The van der Waals surface area contributed by atoms with Crippen LogP contribution in [0, 0.1) is 11.3 Å². The number of ether oxygens (including phenoxy) is 2. The van der Waals surface area contributed by atoms with E-state index in [0.29, 0.717) is 32.2 Å². The van der Waals surface area contributed by atoms with Crippen LogP contribution in [0.5, 0.6) is 0 Å². The molecule has 1 aromatic carbocycles. The van der Waals surface area contributed by atoms with Crippen LogP contribution in [0.3, 0.4) is 0 Å². The lowest BCUT2D eigenvalue weighted by Crippen LogP contribution is -2.60. The standard InChI is InChI=1S/C48H58N10O5S/c1-28(62-5)42-36(18-32(24-51-42)56-14-12-55(4)13-15-56)44-37-21-48(2,3)26-63-47(61)38-9-7-11-58(54-38)46(60)39(53-45(59)35-19-33(35)31-22-49-27-50-23-31)20-41-52-40(25-64-41)30-16-29-8-6-10-57(44)43(29)34(37)17-30/h16-18,22-25,27-28,33,35,38-39,54H,6-15,19-21,26H2,1-5H3,(H,53,59)/t28-,33+,35-,38-,39-/m0/s1. The predicted molar refractivity (Wildman–Crippen MR) is 245 cm³/mol. The lowest BCUT2D eigenvalue weighted by molar-refractivity contribution is -0.155. The number of hydrogen-bond donors (Lipinski definition) is 2. The first kappa shape index (κ1) is 42.6. The first-order valence-corrected chi connectivity index (χ1v) is 23.7. The Labute approximate surface area is 377 Å². The van der Waals surface area contributed by atoms with Gasteiger partial charge in [0, 0.05) is 98.4 Å². The number of carbonyl (C=O) groups excluding carboxylic acids is 3. The Morgan fingerprint density at radius 2 is 1.86 bits per heavy atom. The number of methoxy groups -OCH3 is 1. The number of aryl methyl sites for hydroxylation is 2. The van der Waals surface area contributed by atoms with Gasteiger partial charge in [0.2, 0.25) is 5.91 Å². The van der Waals surface area contributed by atoms with Gasteiger partial charge in [-0.25, -0.2) is 20.4 Å². The highest BCUT2D eigenvalue weighted by Crippen LogP contribution is 2.48. The summed E-state index contributed by atoms with van der Waals surface area (Å²) in [6, 6.07) is 5.29. The van der Waals surface area contributed by atoms with Crippen LogP contribution < -0.4 is 15.6 Å². The summed E-state index contributed by atoms with van der Waals surface area (Å²) in [6.07, 6.45) is 11.3. The van der Waals surface area contributed by atoms with Crippen molar-refractivity contribution in [3.05, 3.63) is 75.9 Å². The van der Waals surface area contributed by atoms with E-state index in [1.165, 1.54) is 39.3 Å². The summed E-state index contributed by atoms with van der Waals surface area (Å²) in [5, 5.41) is 8.57. The second-order valence-corrected chi connectivity index (χ2v) is 20.1. The first-order valence-electron chi connectivity index (χ1n) is 22.8. The van der Waals surface area contributed by atoms with Gasteiger partial charge in [-0.05, 0) is 93.3 Å². The maximum absolute atomic E-state index is 14.4. The number of nitrogens with zero attached hydrogens (tertiary/aromatic N) is 8. The van der Waals surface area contributed by atoms with Gasteiger partial charge in [-0.3, -0.25) is 24.4 Å². The fourth-order valence-corrected chi connectivity index (χ4v) is 11.0. The quantitative estimate of drug-likeness (QED) is 0.199. The van der Waals surface area contributed by atoms with Crippen molar-refractivity contribution in [2.24, 2.45) is 11.3 Å². The van der Waals surface area contributed by atoms with Crippen LogP contribution in [0.25, 0.3) is 33.4 Å². The van der Waals surface area contributed by atoms with Crippen molar-refractivity contribution in [3.63, 3.8) is 0 Å². The van der Waals surface area contributed by atoms with E-state index in [2.05, 4.69) is 86.5 Å². The summed E-state index contributed by atoms with van der Waals surface area (Å²) < 4.78 is 14.7. The van der Waals surface area contributed by atoms with Crippen LogP contribution in [0.4, 0.5) is 5.69 Å². The lowest BCUT2D eigenvalue weighted by Gasteiger charge is -2.35. The van der Waals surface area contributed by atoms with Crippen LogP contribution in [0.2, 0.25) is 0 Å². The highest BCUT2D eigenvalue weighted by atomic mass is 32.1. The number of thiazole rings is 1. The number of anilines is 1. The Morgan fingerprint density at radius 3 is 2.66 bits per heavy atom. The van der Waals surface area contributed by atoms with Gasteiger partial charge in [0.1, 0.15) is 18.4 Å². The molecule has 0 unspecified atom stereocenters. The Balaban J connectivity index is 1.08. The number of hydrazine groups is 1. The predicted octanol–water partition coefficient (Wildman–Crippen LogP) is 5.47. The molecule has 5 atom stereocenters. The van der Waals surface area contributed by atoms with Crippen LogP contribution in [0.15, 0.2) is 48.5 Å². The largest absolute Gasteiger partial charge is 0.464 e. The Bertz CT molecular complexity index is 2590. The third kappa shape index (κ3) is 8.29. The number of likely N-dealkylation sites (N-methyl/N-ethyl adjacent to an activating group) is 1. The van der Waals surface area contributed by atoms with E-state index >= 15 is 0 Å². The molecule has 3 fully saturated rings. The summed E-state index contributed by atoms with van der Waals surface area (Å²) in [7, 11) is 3.91. The molecule has 1 saturated carbocycles. The third-order valence-corrected chi connectivity index (χ3v) is 14.8. The van der Waals surface area contributed by atoms with Crippen molar-refractivity contribution in [3.8, 4) is 22.5 Å². The number of fused-ring (bicyclic) bond motifs is 6. The molecule has 2 amide bonds. The van der Waals surface area contributed by atoms with Crippen LogP contribution in [0.1, 0.15) is 85.9 Å². The number of amides is 2. The Hall–Kier alpha value is -5.29. The van der Waals surface area contributed by atoms with Crippen LogP contribution >= 0.6 is 11.3 Å².